The van der Waals surface area contributed by atoms with E-state index in [1.165, 1.54) is 11.8 Å². The number of benzene rings is 1. The van der Waals surface area contributed by atoms with Gasteiger partial charge in [0.15, 0.2) is 5.82 Å². The van der Waals surface area contributed by atoms with Crippen LogP contribution >= 0.6 is 11.8 Å². The maximum absolute atomic E-state index is 12.0. The van der Waals surface area contributed by atoms with E-state index in [1.54, 1.807) is 19.2 Å². The molecule has 1 amide bonds. The highest BCUT2D eigenvalue weighted by Gasteiger charge is 2.21. The van der Waals surface area contributed by atoms with Gasteiger partial charge in [-0.1, -0.05) is 23.9 Å². The standard InChI is InChI=1S/C15H18N4O3S/c1-21-11-6-3-2-5-10(11)16-13(20)9-23-15-17-14(18-19-15)12-7-4-8-22-12/h2-3,5-6,12H,4,7-9H2,1H3,(H,16,20)(H,17,18,19). The van der Waals surface area contributed by atoms with E-state index >= 15 is 0 Å². The number of nitrogens with one attached hydrogen (secondary N) is 2. The highest BCUT2D eigenvalue weighted by atomic mass is 32.2. The second-order valence-corrected chi connectivity index (χ2v) is 5.98. The lowest BCUT2D eigenvalue weighted by molar-refractivity contribution is -0.113. The zero-order valence-corrected chi connectivity index (χ0v) is 13.6. The molecule has 1 atom stereocenters. The first kappa shape index (κ1) is 15.8. The number of thioether (sulfide) groups is 1. The average molecular weight is 334 g/mol. The zero-order chi connectivity index (χ0) is 16.1. The van der Waals surface area contributed by atoms with Crippen LogP contribution in [0.2, 0.25) is 0 Å². The van der Waals surface area contributed by atoms with Crippen molar-refractivity contribution in [3.63, 3.8) is 0 Å². The Hall–Kier alpha value is -2.06. The molecule has 1 aromatic carbocycles. The molecule has 23 heavy (non-hydrogen) atoms. The Kier molecular flexibility index (Phi) is 5.14. The fraction of sp³-hybridized carbons (Fsp3) is 0.400. The Labute approximate surface area is 138 Å². The van der Waals surface area contributed by atoms with Gasteiger partial charge in [-0.3, -0.25) is 9.89 Å². The van der Waals surface area contributed by atoms with Crippen LogP contribution in [0.5, 0.6) is 5.75 Å². The molecule has 1 aliphatic heterocycles. The third-order valence-electron chi connectivity index (χ3n) is 3.43. The Morgan fingerprint density at radius 3 is 3.17 bits per heavy atom. The minimum atomic E-state index is -0.136. The predicted molar refractivity (Wildman–Crippen MR) is 86.7 cm³/mol. The van der Waals surface area contributed by atoms with E-state index in [4.69, 9.17) is 9.47 Å². The van der Waals surface area contributed by atoms with Crippen molar-refractivity contribution in [2.75, 3.05) is 24.8 Å². The van der Waals surface area contributed by atoms with E-state index in [2.05, 4.69) is 20.5 Å². The molecule has 7 nitrogen and oxygen atoms in total. The lowest BCUT2D eigenvalue weighted by Crippen LogP contribution is -2.14. The summed E-state index contributed by atoms with van der Waals surface area (Å²) in [5.41, 5.74) is 0.649. The second kappa shape index (κ2) is 7.47. The summed E-state index contributed by atoms with van der Waals surface area (Å²) in [6.45, 7) is 0.759. The molecule has 1 aliphatic rings. The van der Waals surface area contributed by atoms with Crippen LogP contribution in [0.3, 0.4) is 0 Å². The van der Waals surface area contributed by atoms with Crippen LogP contribution in [-0.2, 0) is 9.53 Å². The molecule has 0 radical (unpaired) electrons. The number of para-hydroxylation sites is 2. The molecule has 0 saturated carbocycles. The van der Waals surface area contributed by atoms with Gasteiger partial charge in [-0.05, 0) is 25.0 Å². The first-order valence-electron chi connectivity index (χ1n) is 7.36. The molecule has 2 aromatic rings. The van der Waals surface area contributed by atoms with Crippen LogP contribution in [-0.4, -0.2) is 40.6 Å². The van der Waals surface area contributed by atoms with Gasteiger partial charge in [0, 0.05) is 6.61 Å². The van der Waals surface area contributed by atoms with E-state index in [9.17, 15) is 4.79 Å². The van der Waals surface area contributed by atoms with Crippen LogP contribution in [0.1, 0.15) is 24.8 Å². The van der Waals surface area contributed by atoms with Crippen molar-refractivity contribution in [3.8, 4) is 5.75 Å². The molecule has 0 spiro atoms. The Morgan fingerprint density at radius 2 is 2.39 bits per heavy atom. The van der Waals surface area contributed by atoms with Crippen LogP contribution in [0, 0.1) is 0 Å². The number of aromatic nitrogens is 3. The molecule has 1 unspecified atom stereocenters. The molecule has 1 saturated heterocycles. The minimum Gasteiger partial charge on any atom is -0.495 e. The van der Waals surface area contributed by atoms with Gasteiger partial charge in [0.05, 0.1) is 18.6 Å². The van der Waals surface area contributed by atoms with E-state index in [0.717, 1.165) is 25.3 Å². The number of anilines is 1. The number of aromatic amines is 1. The molecule has 2 heterocycles. The third kappa shape index (κ3) is 4.02. The zero-order valence-electron chi connectivity index (χ0n) is 12.7. The fourth-order valence-corrected chi connectivity index (χ4v) is 2.93. The highest BCUT2D eigenvalue weighted by Crippen LogP contribution is 2.27. The largest absolute Gasteiger partial charge is 0.495 e. The predicted octanol–water partition coefficient (Wildman–Crippen LogP) is 2.40. The van der Waals surface area contributed by atoms with Crippen LogP contribution in [0.25, 0.3) is 0 Å². The average Bonchev–Trinajstić information content (AvgIpc) is 3.24. The number of hydrogen-bond acceptors (Lipinski definition) is 6. The van der Waals surface area contributed by atoms with Crippen LogP contribution in [0.15, 0.2) is 29.4 Å². The number of nitrogens with zero attached hydrogens (tertiary/aromatic N) is 2. The Bertz CT molecular complexity index is 670. The number of methoxy groups -OCH3 is 1. The second-order valence-electron chi connectivity index (χ2n) is 5.04. The van der Waals surface area contributed by atoms with Crippen LogP contribution < -0.4 is 10.1 Å². The summed E-state index contributed by atoms with van der Waals surface area (Å²) in [6.07, 6.45) is 1.99. The molecule has 122 valence electrons. The van der Waals surface area contributed by atoms with Gasteiger partial charge in [0.1, 0.15) is 11.9 Å². The number of H-pyrrole nitrogens is 1. The molecule has 0 bridgehead atoms. The van der Waals surface area contributed by atoms with Crippen LogP contribution in [0.4, 0.5) is 5.69 Å². The highest BCUT2D eigenvalue weighted by molar-refractivity contribution is 7.99. The number of rotatable bonds is 6. The summed E-state index contributed by atoms with van der Waals surface area (Å²) in [5, 5.41) is 10.4. The van der Waals surface area contributed by atoms with Gasteiger partial charge in [-0.25, -0.2) is 4.98 Å². The summed E-state index contributed by atoms with van der Waals surface area (Å²) < 4.78 is 10.8. The molecular formula is C15H18N4O3S. The number of hydrogen-bond donors (Lipinski definition) is 2. The topological polar surface area (TPSA) is 89.1 Å². The van der Waals surface area contributed by atoms with E-state index < -0.39 is 0 Å². The molecule has 8 heteroatoms. The molecule has 1 aromatic heterocycles. The molecule has 1 fully saturated rings. The summed E-state index contributed by atoms with van der Waals surface area (Å²) >= 11 is 1.28. The van der Waals surface area contributed by atoms with Gasteiger partial charge in [0.2, 0.25) is 11.1 Å². The number of carbonyl (C=O) groups is 1. The molecule has 2 N–H and O–H groups in total. The lowest BCUT2D eigenvalue weighted by Gasteiger charge is -2.08. The first-order valence-corrected chi connectivity index (χ1v) is 8.34. The molecule has 3 rings (SSSR count). The van der Waals surface area contributed by atoms with Crippen molar-refractivity contribution in [2.24, 2.45) is 0 Å². The SMILES string of the molecule is COc1ccccc1NC(=O)CSc1n[nH]c(C2CCCO2)n1. The van der Waals surface area contributed by atoms with Crippen molar-refractivity contribution in [2.45, 2.75) is 24.1 Å². The van der Waals surface area contributed by atoms with Crippen molar-refractivity contribution in [1.29, 1.82) is 0 Å². The Morgan fingerprint density at radius 1 is 1.52 bits per heavy atom. The maximum atomic E-state index is 12.0. The van der Waals surface area contributed by atoms with Gasteiger partial charge in [-0.2, -0.15) is 0 Å². The van der Waals surface area contributed by atoms with Crippen molar-refractivity contribution in [1.82, 2.24) is 15.2 Å². The normalized spacial score (nSPS) is 17.2. The number of ether oxygens (including phenoxy) is 2. The number of carbonyl (C=O) groups excluding carboxylic acids is 1. The third-order valence-corrected chi connectivity index (χ3v) is 4.28. The van der Waals surface area contributed by atoms with Gasteiger partial charge in [0.25, 0.3) is 0 Å². The summed E-state index contributed by atoms with van der Waals surface area (Å²) in [6, 6.07) is 7.29. The summed E-state index contributed by atoms with van der Waals surface area (Å²) in [4.78, 5) is 16.4. The summed E-state index contributed by atoms with van der Waals surface area (Å²) in [7, 11) is 1.57. The van der Waals surface area contributed by atoms with E-state index in [1.807, 2.05) is 12.1 Å². The smallest absolute Gasteiger partial charge is 0.234 e. The maximum Gasteiger partial charge on any atom is 0.234 e. The first-order chi connectivity index (χ1) is 11.3. The summed E-state index contributed by atoms with van der Waals surface area (Å²) in [5.74, 6) is 1.45. The Balaban J connectivity index is 1.52. The minimum absolute atomic E-state index is 0.000688. The van der Waals surface area contributed by atoms with E-state index in [-0.39, 0.29) is 17.8 Å². The lowest BCUT2D eigenvalue weighted by atomic mass is 10.2. The number of amides is 1. The van der Waals surface area contributed by atoms with Gasteiger partial charge >= 0.3 is 0 Å². The monoisotopic (exact) mass is 334 g/mol. The fourth-order valence-electron chi connectivity index (χ4n) is 2.32. The molecule has 0 aliphatic carbocycles. The van der Waals surface area contributed by atoms with E-state index in [0.29, 0.717) is 16.6 Å². The quantitative estimate of drug-likeness (QED) is 0.789. The van der Waals surface area contributed by atoms with Crippen molar-refractivity contribution < 1.29 is 14.3 Å². The molecular weight excluding hydrogens is 316 g/mol. The van der Waals surface area contributed by atoms with Gasteiger partial charge < -0.3 is 14.8 Å². The van der Waals surface area contributed by atoms with Gasteiger partial charge in [-0.15, -0.1) is 5.10 Å². The van der Waals surface area contributed by atoms with Crippen molar-refractivity contribution >= 4 is 23.4 Å². The van der Waals surface area contributed by atoms with Crippen molar-refractivity contribution in [3.05, 3.63) is 30.1 Å².